The van der Waals surface area contributed by atoms with Crippen molar-refractivity contribution in [3.8, 4) is 5.75 Å². The molecule has 0 spiro atoms. The molecule has 6 nitrogen and oxygen atoms in total. The first kappa shape index (κ1) is 15.4. The number of rotatable bonds is 6. The molecule has 1 N–H and O–H groups in total. The Kier molecular flexibility index (Phi) is 4.87. The van der Waals surface area contributed by atoms with Gasteiger partial charge in [-0.15, -0.1) is 0 Å². The highest BCUT2D eigenvalue weighted by molar-refractivity contribution is 7.89. The Hall–Kier alpha value is -1.99. The van der Waals surface area contributed by atoms with Crippen molar-refractivity contribution >= 4 is 10.0 Å². The van der Waals surface area contributed by atoms with Gasteiger partial charge in [-0.25, -0.2) is 23.1 Å². The molecule has 0 aliphatic carbocycles. The summed E-state index contributed by atoms with van der Waals surface area (Å²) in [7, 11) is -1.97. The van der Waals surface area contributed by atoms with Crippen LogP contribution in [0.3, 0.4) is 0 Å². The lowest BCUT2D eigenvalue weighted by Gasteiger charge is -2.09. The third-order valence-electron chi connectivity index (χ3n) is 3.00. The van der Waals surface area contributed by atoms with Gasteiger partial charge >= 0.3 is 0 Å². The molecule has 0 bridgehead atoms. The fraction of sp³-hybridized carbons (Fsp3) is 0.286. The minimum Gasteiger partial charge on any atom is -0.496 e. The molecule has 0 aliphatic rings. The van der Waals surface area contributed by atoms with Gasteiger partial charge in [0.25, 0.3) is 0 Å². The van der Waals surface area contributed by atoms with Crippen LogP contribution in [0.25, 0.3) is 0 Å². The van der Waals surface area contributed by atoms with E-state index >= 15 is 0 Å². The molecule has 2 rings (SSSR count). The predicted molar refractivity (Wildman–Crippen MR) is 78.7 cm³/mol. The van der Waals surface area contributed by atoms with E-state index in [1.807, 2.05) is 0 Å². The molecule has 0 aliphatic heterocycles. The summed E-state index contributed by atoms with van der Waals surface area (Å²) < 4.78 is 32.1. The maximum absolute atomic E-state index is 12.2. The van der Waals surface area contributed by atoms with Crippen molar-refractivity contribution in [1.29, 1.82) is 0 Å². The molecule has 0 fully saturated rings. The molecule has 112 valence electrons. The third kappa shape index (κ3) is 3.99. The van der Waals surface area contributed by atoms with Gasteiger partial charge in [-0.3, -0.25) is 0 Å². The van der Waals surface area contributed by atoms with Gasteiger partial charge in [0.15, 0.2) is 0 Å². The quantitative estimate of drug-likeness (QED) is 0.870. The Morgan fingerprint density at radius 2 is 1.95 bits per heavy atom. The lowest BCUT2D eigenvalue weighted by Crippen LogP contribution is -2.26. The average molecular weight is 307 g/mol. The maximum atomic E-state index is 12.2. The number of nitrogens with one attached hydrogen (secondary N) is 1. The van der Waals surface area contributed by atoms with Crippen LogP contribution in [0.4, 0.5) is 0 Å². The van der Waals surface area contributed by atoms with E-state index in [-0.39, 0.29) is 4.90 Å². The normalized spacial score (nSPS) is 11.3. The van der Waals surface area contributed by atoms with E-state index in [0.717, 1.165) is 11.1 Å². The average Bonchev–Trinajstić information content (AvgIpc) is 2.48. The van der Waals surface area contributed by atoms with Crippen LogP contribution in [0.5, 0.6) is 5.75 Å². The fourth-order valence-electron chi connectivity index (χ4n) is 1.89. The summed E-state index contributed by atoms with van der Waals surface area (Å²) in [5.41, 5.74) is 1.66. The zero-order chi connectivity index (χ0) is 15.3. The summed E-state index contributed by atoms with van der Waals surface area (Å²) in [6.07, 6.45) is 5.31. The molecule has 0 amide bonds. The van der Waals surface area contributed by atoms with E-state index in [1.54, 1.807) is 38.6 Å². The number of hydrogen-bond donors (Lipinski definition) is 1. The second-order valence-corrected chi connectivity index (χ2v) is 6.29. The van der Waals surface area contributed by atoms with Gasteiger partial charge in [-0.2, -0.15) is 0 Å². The molecule has 0 saturated heterocycles. The lowest BCUT2D eigenvalue weighted by molar-refractivity contribution is 0.411. The second kappa shape index (κ2) is 6.64. The summed E-state index contributed by atoms with van der Waals surface area (Å²) in [5.74, 6) is 0.662. The Labute approximate surface area is 124 Å². The summed E-state index contributed by atoms with van der Waals surface area (Å²) in [4.78, 5) is 8.00. The Morgan fingerprint density at radius 1 is 1.24 bits per heavy atom. The standard InChI is InChI=1S/C14H17N3O3S/c1-11-7-13(3-4-14(11)20-2)21(18,19)17-6-5-12-8-15-10-16-9-12/h3-4,7-10,17H,5-6H2,1-2H3. The molecular weight excluding hydrogens is 290 g/mol. The van der Waals surface area contributed by atoms with Crippen LogP contribution >= 0.6 is 0 Å². The van der Waals surface area contributed by atoms with E-state index in [0.29, 0.717) is 18.7 Å². The van der Waals surface area contributed by atoms with E-state index < -0.39 is 10.0 Å². The zero-order valence-electron chi connectivity index (χ0n) is 11.9. The molecule has 1 aromatic carbocycles. The molecule has 0 saturated carbocycles. The van der Waals surface area contributed by atoms with Crippen LogP contribution in [-0.2, 0) is 16.4 Å². The fourth-order valence-corrected chi connectivity index (χ4v) is 3.01. The number of methoxy groups -OCH3 is 1. The van der Waals surface area contributed by atoms with Crippen LogP contribution in [-0.4, -0.2) is 32.0 Å². The number of sulfonamides is 1. The van der Waals surface area contributed by atoms with Gasteiger partial charge in [0.05, 0.1) is 12.0 Å². The van der Waals surface area contributed by atoms with Crippen molar-refractivity contribution in [3.63, 3.8) is 0 Å². The number of aromatic nitrogens is 2. The van der Waals surface area contributed by atoms with Gasteiger partial charge in [-0.1, -0.05) is 0 Å². The monoisotopic (exact) mass is 307 g/mol. The number of benzene rings is 1. The highest BCUT2D eigenvalue weighted by Crippen LogP contribution is 2.21. The van der Waals surface area contributed by atoms with Crippen LogP contribution < -0.4 is 9.46 Å². The maximum Gasteiger partial charge on any atom is 0.240 e. The first-order chi connectivity index (χ1) is 10.0. The van der Waals surface area contributed by atoms with Crippen LogP contribution in [0.1, 0.15) is 11.1 Å². The van der Waals surface area contributed by atoms with Gasteiger partial charge in [-0.05, 0) is 42.7 Å². The van der Waals surface area contributed by atoms with Crippen molar-refractivity contribution in [2.75, 3.05) is 13.7 Å². The largest absolute Gasteiger partial charge is 0.496 e. The van der Waals surface area contributed by atoms with Crippen molar-refractivity contribution in [2.24, 2.45) is 0 Å². The van der Waals surface area contributed by atoms with E-state index in [4.69, 9.17) is 4.74 Å². The van der Waals surface area contributed by atoms with Crippen LogP contribution in [0, 0.1) is 6.92 Å². The smallest absolute Gasteiger partial charge is 0.240 e. The molecule has 2 aromatic rings. The molecule has 21 heavy (non-hydrogen) atoms. The summed E-state index contributed by atoms with van der Waals surface area (Å²) in [5, 5.41) is 0. The van der Waals surface area contributed by atoms with Crippen molar-refractivity contribution < 1.29 is 13.2 Å². The van der Waals surface area contributed by atoms with Crippen molar-refractivity contribution in [1.82, 2.24) is 14.7 Å². The number of ether oxygens (including phenoxy) is 1. The van der Waals surface area contributed by atoms with Crippen LogP contribution in [0.15, 0.2) is 41.8 Å². The van der Waals surface area contributed by atoms with Gasteiger partial charge in [0.1, 0.15) is 12.1 Å². The van der Waals surface area contributed by atoms with Crippen molar-refractivity contribution in [3.05, 3.63) is 48.0 Å². The Balaban J connectivity index is 2.03. The zero-order valence-corrected chi connectivity index (χ0v) is 12.7. The molecule has 1 heterocycles. The lowest BCUT2D eigenvalue weighted by atomic mass is 10.2. The highest BCUT2D eigenvalue weighted by atomic mass is 32.2. The van der Waals surface area contributed by atoms with Gasteiger partial charge in [0, 0.05) is 18.9 Å². The van der Waals surface area contributed by atoms with E-state index in [1.165, 1.54) is 12.4 Å². The minimum absolute atomic E-state index is 0.227. The third-order valence-corrected chi connectivity index (χ3v) is 4.46. The summed E-state index contributed by atoms with van der Waals surface area (Å²) >= 11 is 0. The van der Waals surface area contributed by atoms with Crippen LogP contribution in [0.2, 0.25) is 0 Å². The number of nitrogens with zero attached hydrogens (tertiary/aromatic N) is 2. The Morgan fingerprint density at radius 3 is 2.57 bits per heavy atom. The second-order valence-electron chi connectivity index (χ2n) is 4.53. The molecule has 7 heteroatoms. The van der Waals surface area contributed by atoms with Gasteiger partial charge < -0.3 is 4.74 Å². The van der Waals surface area contributed by atoms with Gasteiger partial charge in [0.2, 0.25) is 10.0 Å². The molecule has 1 aromatic heterocycles. The molecular formula is C14H17N3O3S. The molecule has 0 radical (unpaired) electrons. The van der Waals surface area contributed by atoms with Crippen molar-refractivity contribution in [2.45, 2.75) is 18.2 Å². The number of aryl methyl sites for hydroxylation is 1. The summed E-state index contributed by atoms with van der Waals surface area (Å²) in [6, 6.07) is 4.77. The molecule has 0 unspecified atom stereocenters. The van der Waals surface area contributed by atoms with E-state index in [2.05, 4.69) is 14.7 Å². The number of hydrogen-bond acceptors (Lipinski definition) is 5. The Bertz CT molecular complexity index is 703. The SMILES string of the molecule is COc1ccc(S(=O)(=O)NCCc2cncnc2)cc1C. The topological polar surface area (TPSA) is 81.2 Å². The first-order valence-electron chi connectivity index (χ1n) is 6.41. The highest BCUT2D eigenvalue weighted by Gasteiger charge is 2.14. The minimum atomic E-state index is -3.52. The molecule has 0 atom stereocenters. The first-order valence-corrected chi connectivity index (χ1v) is 7.89. The van der Waals surface area contributed by atoms with E-state index in [9.17, 15) is 8.42 Å². The summed E-state index contributed by atoms with van der Waals surface area (Å²) in [6.45, 7) is 2.10. The predicted octanol–water partition coefficient (Wildman–Crippen LogP) is 1.31.